The van der Waals surface area contributed by atoms with Crippen LogP contribution < -0.4 is 10.5 Å². The van der Waals surface area contributed by atoms with Crippen LogP contribution in [-0.4, -0.2) is 44.6 Å². The van der Waals surface area contributed by atoms with Crippen molar-refractivity contribution in [3.63, 3.8) is 0 Å². The highest BCUT2D eigenvalue weighted by Crippen LogP contribution is 2.35. The zero-order valence-electron chi connectivity index (χ0n) is 16.5. The van der Waals surface area contributed by atoms with Gasteiger partial charge in [-0.1, -0.05) is 0 Å². The smallest absolute Gasteiger partial charge is 0.201 e. The fourth-order valence-electron chi connectivity index (χ4n) is 3.40. The van der Waals surface area contributed by atoms with Crippen LogP contribution in [0.15, 0.2) is 17.5 Å². The first-order valence-corrected chi connectivity index (χ1v) is 11.0. The monoisotopic (exact) mass is 426 g/mol. The van der Waals surface area contributed by atoms with Gasteiger partial charge in [0.1, 0.15) is 6.61 Å². The summed E-state index contributed by atoms with van der Waals surface area (Å²) in [6.07, 6.45) is 5.33. The van der Waals surface area contributed by atoms with Crippen LogP contribution in [0.25, 0.3) is 11.3 Å². The number of rotatable bonds is 10. The van der Waals surface area contributed by atoms with E-state index in [1.165, 1.54) is 23.8 Å². The molecule has 2 heterocycles. The van der Waals surface area contributed by atoms with E-state index in [-0.39, 0.29) is 19.0 Å². The summed E-state index contributed by atoms with van der Waals surface area (Å²) < 4.78 is 44.4. The third-order valence-electron chi connectivity index (χ3n) is 4.95. The highest BCUT2D eigenvalue weighted by Gasteiger charge is 2.19. The van der Waals surface area contributed by atoms with Crippen LogP contribution in [-0.2, 0) is 15.9 Å². The fraction of sp³-hybridized carbons (Fsp3) is 0.571. The summed E-state index contributed by atoms with van der Waals surface area (Å²) in [5.74, 6) is -1.42. The average molecular weight is 427 g/mol. The van der Waals surface area contributed by atoms with Crippen LogP contribution in [0.5, 0.6) is 5.75 Å². The summed E-state index contributed by atoms with van der Waals surface area (Å²) in [4.78, 5) is 4.65. The molecule has 0 radical (unpaired) electrons. The third kappa shape index (κ3) is 6.44. The fourth-order valence-corrected chi connectivity index (χ4v) is 4.21. The van der Waals surface area contributed by atoms with E-state index in [9.17, 15) is 8.78 Å². The van der Waals surface area contributed by atoms with E-state index >= 15 is 0 Å². The van der Waals surface area contributed by atoms with E-state index in [1.54, 1.807) is 0 Å². The maximum absolute atomic E-state index is 14.4. The molecule has 1 aromatic carbocycles. The van der Waals surface area contributed by atoms with Crippen molar-refractivity contribution in [3.8, 4) is 17.0 Å². The molecule has 2 N–H and O–H groups in total. The predicted molar refractivity (Wildman–Crippen MR) is 109 cm³/mol. The number of hydrogen-bond acceptors (Lipinski definition) is 6. The molecular formula is C21H28F2N2O3S. The Morgan fingerprint density at radius 2 is 2.07 bits per heavy atom. The maximum atomic E-state index is 14.4. The van der Waals surface area contributed by atoms with Crippen molar-refractivity contribution in [1.29, 1.82) is 0 Å². The topological polar surface area (TPSA) is 66.6 Å². The molecule has 0 amide bonds. The van der Waals surface area contributed by atoms with Crippen molar-refractivity contribution in [2.24, 2.45) is 11.7 Å². The van der Waals surface area contributed by atoms with Gasteiger partial charge in [0.05, 0.1) is 23.9 Å². The molecule has 1 atom stereocenters. The first-order chi connectivity index (χ1) is 14.2. The van der Waals surface area contributed by atoms with Crippen molar-refractivity contribution >= 4 is 11.3 Å². The number of halogens is 2. The lowest BCUT2D eigenvalue weighted by atomic mass is 9.95. The molecule has 1 aliphatic heterocycles. The largest absolute Gasteiger partial charge is 0.487 e. The van der Waals surface area contributed by atoms with Gasteiger partial charge < -0.3 is 19.9 Å². The number of hydrogen-bond donors (Lipinski definition) is 1. The standard InChI is InChI=1S/C21H28F2N2O3S/c22-17-5-4-16(21(20(17)23)28-13-12-27-11-8-24)18-14-29-19(25-18)6-3-15-2-1-9-26-10-7-15/h4-5,14-15H,1-3,6-13,24H2. The lowest BCUT2D eigenvalue weighted by Crippen LogP contribution is -2.14. The first-order valence-electron chi connectivity index (χ1n) is 10.1. The molecule has 29 heavy (non-hydrogen) atoms. The Morgan fingerprint density at radius 1 is 1.17 bits per heavy atom. The molecule has 1 saturated heterocycles. The Hall–Kier alpha value is -1.61. The summed E-state index contributed by atoms with van der Waals surface area (Å²) in [7, 11) is 0. The molecule has 8 heteroatoms. The van der Waals surface area contributed by atoms with E-state index in [1.807, 2.05) is 5.38 Å². The SMILES string of the molecule is NCCOCCOc1c(-c2csc(CCC3CCCOCC3)n2)ccc(F)c1F. The molecular weight excluding hydrogens is 398 g/mol. The summed E-state index contributed by atoms with van der Waals surface area (Å²) in [6.45, 7) is 2.83. The molecule has 1 aliphatic rings. The number of nitrogens with two attached hydrogens (primary N) is 1. The van der Waals surface area contributed by atoms with Crippen molar-refractivity contribution in [3.05, 3.63) is 34.2 Å². The highest BCUT2D eigenvalue weighted by molar-refractivity contribution is 7.09. The molecule has 160 valence electrons. The van der Waals surface area contributed by atoms with Gasteiger partial charge in [-0.15, -0.1) is 11.3 Å². The minimum Gasteiger partial charge on any atom is -0.487 e. The van der Waals surface area contributed by atoms with Gasteiger partial charge in [0.15, 0.2) is 11.6 Å². The Bertz CT molecular complexity index is 764. The minimum atomic E-state index is -1.01. The van der Waals surface area contributed by atoms with E-state index in [4.69, 9.17) is 19.9 Å². The normalized spacial score (nSPS) is 17.3. The molecule has 0 saturated carbocycles. The number of nitrogens with zero attached hydrogens (tertiary/aromatic N) is 1. The highest BCUT2D eigenvalue weighted by atomic mass is 32.1. The predicted octanol–water partition coefficient (Wildman–Crippen LogP) is 4.19. The Morgan fingerprint density at radius 3 is 2.93 bits per heavy atom. The van der Waals surface area contributed by atoms with Gasteiger partial charge in [-0.2, -0.15) is 4.39 Å². The van der Waals surface area contributed by atoms with Crippen molar-refractivity contribution < 1.29 is 23.0 Å². The maximum Gasteiger partial charge on any atom is 0.201 e. The van der Waals surface area contributed by atoms with Gasteiger partial charge in [-0.05, 0) is 50.2 Å². The van der Waals surface area contributed by atoms with Crippen molar-refractivity contribution in [1.82, 2.24) is 4.98 Å². The van der Waals surface area contributed by atoms with Crippen molar-refractivity contribution in [2.75, 3.05) is 39.6 Å². The quantitative estimate of drug-likeness (QED) is 0.577. The van der Waals surface area contributed by atoms with Gasteiger partial charge in [0.25, 0.3) is 0 Å². The van der Waals surface area contributed by atoms with Crippen LogP contribution in [0.3, 0.4) is 0 Å². The zero-order valence-corrected chi connectivity index (χ0v) is 17.3. The molecule has 0 bridgehead atoms. The van der Waals surface area contributed by atoms with E-state index in [0.29, 0.717) is 30.3 Å². The Kier molecular flexibility index (Phi) is 8.79. The average Bonchev–Trinajstić information content (AvgIpc) is 3.04. The molecule has 3 rings (SSSR count). The third-order valence-corrected chi connectivity index (χ3v) is 5.86. The summed E-state index contributed by atoms with van der Waals surface area (Å²) in [5.41, 5.74) is 6.41. The number of aromatic nitrogens is 1. The van der Waals surface area contributed by atoms with E-state index < -0.39 is 11.6 Å². The molecule has 1 aromatic heterocycles. The zero-order chi connectivity index (χ0) is 20.5. The lowest BCUT2D eigenvalue weighted by molar-refractivity contribution is 0.104. The second-order valence-corrected chi connectivity index (χ2v) is 8.00. The molecule has 1 unspecified atom stereocenters. The number of aryl methyl sites for hydroxylation is 1. The van der Waals surface area contributed by atoms with Crippen LogP contribution >= 0.6 is 11.3 Å². The number of thiazole rings is 1. The van der Waals surface area contributed by atoms with Gasteiger partial charge >= 0.3 is 0 Å². The first kappa shape index (κ1) is 22.1. The van der Waals surface area contributed by atoms with Gasteiger partial charge in [-0.3, -0.25) is 0 Å². The molecule has 2 aromatic rings. The summed E-state index contributed by atoms with van der Waals surface area (Å²) >= 11 is 1.54. The van der Waals surface area contributed by atoms with Crippen LogP contribution in [0, 0.1) is 17.6 Å². The Labute approximate surface area is 174 Å². The van der Waals surface area contributed by atoms with E-state index in [0.717, 1.165) is 50.0 Å². The molecule has 5 nitrogen and oxygen atoms in total. The summed E-state index contributed by atoms with van der Waals surface area (Å²) in [5, 5.41) is 2.86. The lowest BCUT2D eigenvalue weighted by Gasteiger charge is -2.12. The minimum absolute atomic E-state index is 0.105. The molecule has 1 fully saturated rings. The van der Waals surface area contributed by atoms with Crippen LogP contribution in [0.2, 0.25) is 0 Å². The number of benzene rings is 1. The van der Waals surface area contributed by atoms with E-state index in [2.05, 4.69) is 4.98 Å². The molecule has 0 spiro atoms. The second kappa shape index (κ2) is 11.5. The Balaban J connectivity index is 1.65. The second-order valence-electron chi connectivity index (χ2n) is 7.06. The van der Waals surface area contributed by atoms with Crippen LogP contribution in [0.4, 0.5) is 8.78 Å². The van der Waals surface area contributed by atoms with Crippen LogP contribution in [0.1, 0.15) is 30.7 Å². The summed E-state index contributed by atoms with van der Waals surface area (Å²) in [6, 6.07) is 2.61. The van der Waals surface area contributed by atoms with Gasteiger partial charge in [0, 0.05) is 30.7 Å². The van der Waals surface area contributed by atoms with Crippen molar-refractivity contribution in [2.45, 2.75) is 32.1 Å². The van der Waals surface area contributed by atoms with Gasteiger partial charge in [0.2, 0.25) is 5.82 Å². The van der Waals surface area contributed by atoms with Gasteiger partial charge in [-0.25, -0.2) is 9.37 Å². The number of ether oxygens (including phenoxy) is 3. The molecule has 0 aliphatic carbocycles.